The zero-order chi connectivity index (χ0) is 52.0. The number of likely N-dealkylation sites (N-methyl/N-ethyl adjacent to an activating group) is 1. The van der Waals surface area contributed by atoms with E-state index in [-0.39, 0.29) is 32.0 Å². The fourth-order valence-corrected chi connectivity index (χ4v) is 8.74. The van der Waals surface area contributed by atoms with Crippen LogP contribution in [0.4, 0.5) is 0 Å². The van der Waals surface area contributed by atoms with E-state index in [1.165, 1.54) is 141 Å². The van der Waals surface area contributed by atoms with E-state index >= 15 is 0 Å². The lowest BCUT2D eigenvalue weighted by molar-refractivity contribution is -0.870. The molecule has 0 bridgehead atoms. The first-order valence-electron chi connectivity index (χ1n) is 29.1. The Morgan fingerprint density at radius 3 is 1.20 bits per heavy atom. The molecule has 0 aliphatic rings. The van der Waals surface area contributed by atoms with Crippen LogP contribution < -0.4 is 4.89 Å². The Balaban J connectivity index is 3.85. The number of allylic oxidation sites excluding steroid dienone is 12. The zero-order valence-electron chi connectivity index (χ0n) is 46.7. The van der Waals surface area contributed by atoms with E-state index in [2.05, 4.69) is 86.8 Å². The minimum atomic E-state index is -4.62. The maximum Gasteiger partial charge on any atom is 0.306 e. The molecule has 0 heterocycles. The summed E-state index contributed by atoms with van der Waals surface area (Å²) in [7, 11) is 1.17. The number of nitrogens with zero attached hydrogens (tertiary/aromatic N) is 1. The standard InChI is InChI=1S/C61H110NO8P/c1-6-8-10-12-14-16-17-18-19-20-21-22-23-24-25-26-27-28-29-30-31-32-33-34-35-36-37-38-39-40-41-42-43-44-45-46-48-50-52-54-61(64)70-59(58-69-71(65,66)68-56-55-62(3,4)5)57-67-60(63)53-51-49-47-15-13-11-9-7-2/h8,10,14,16,18-19,21-22,24-25,27-28,59H,6-7,9,11-13,15,17,20,23,26,29-58H2,1-5H3/b10-8-,16-14-,19-18-,22-21-,25-24-,28-27-. The molecule has 9 nitrogen and oxygen atoms in total. The highest BCUT2D eigenvalue weighted by molar-refractivity contribution is 7.45. The van der Waals surface area contributed by atoms with Gasteiger partial charge in [0.05, 0.1) is 27.7 Å². The molecule has 0 saturated heterocycles. The topological polar surface area (TPSA) is 111 Å². The van der Waals surface area contributed by atoms with Crippen molar-refractivity contribution in [1.29, 1.82) is 0 Å². The average Bonchev–Trinajstić information content (AvgIpc) is 3.33. The van der Waals surface area contributed by atoms with E-state index < -0.39 is 26.5 Å². The number of phosphoric acid groups is 1. The van der Waals surface area contributed by atoms with Crippen LogP contribution >= 0.6 is 7.82 Å². The molecule has 2 unspecified atom stereocenters. The fraction of sp³-hybridized carbons (Fsp3) is 0.770. The van der Waals surface area contributed by atoms with Gasteiger partial charge in [-0.05, 0) is 64.2 Å². The van der Waals surface area contributed by atoms with Gasteiger partial charge in [0.15, 0.2) is 6.10 Å². The summed E-state index contributed by atoms with van der Waals surface area (Å²) in [5.41, 5.74) is 0. The van der Waals surface area contributed by atoms with Crippen molar-refractivity contribution in [3.05, 3.63) is 72.9 Å². The Morgan fingerprint density at radius 2 is 0.803 bits per heavy atom. The van der Waals surface area contributed by atoms with Crippen molar-refractivity contribution in [2.75, 3.05) is 47.5 Å². The van der Waals surface area contributed by atoms with Crippen molar-refractivity contribution in [3.63, 3.8) is 0 Å². The second kappa shape index (κ2) is 52.3. The number of ether oxygens (including phenoxy) is 2. The van der Waals surface area contributed by atoms with Crippen molar-refractivity contribution < 1.29 is 42.1 Å². The molecule has 0 aliphatic heterocycles. The number of phosphoric ester groups is 1. The molecule has 71 heavy (non-hydrogen) atoms. The van der Waals surface area contributed by atoms with Crippen molar-refractivity contribution >= 4 is 19.8 Å². The van der Waals surface area contributed by atoms with Gasteiger partial charge < -0.3 is 27.9 Å². The van der Waals surface area contributed by atoms with Gasteiger partial charge in [0.2, 0.25) is 0 Å². The third kappa shape index (κ3) is 56.6. The second-order valence-corrected chi connectivity index (χ2v) is 22.0. The van der Waals surface area contributed by atoms with E-state index in [1.54, 1.807) is 0 Å². The van der Waals surface area contributed by atoms with Crippen LogP contribution in [-0.4, -0.2) is 70.0 Å². The van der Waals surface area contributed by atoms with Gasteiger partial charge in [-0.2, -0.15) is 0 Å². The molecular weight excluding hydrogens is 906 g/mol. The van der Waals surface area contributed by atoms with Gasteiger partial charge in [-0.3, -0.25) is 14.2 Å². The number of hydrogen-bond donors (Lipinski definition) is 0. The monoisotopic (exact) mass is 1020 g/mol. The van der Waals surface area contributed by atoms with Crippen LogP contribution in [0, 0.1) is 0 Å². The van der Waals surface area contributed by atoms with Crippen molar-refractivity contribution in [2.45, 2.75) is 258 Å². The summed E-state index contributed by atoms with van der Waals surface area (Å²) in [6.45, 7) is 4.10. The molecule has 0 rings (SSSR count). The Hall–Kier alpha value is -2.55. The van der Waals surface area contributed by atoms with E-state index in [1.807, 2.05) is 21.1 Å². The maximum absolute atomic E-state index is 12.7. The van der Waals surface area contributed by atoms with Crippen LogP contribution in [0.25, 0.3) is 0 Å². The molecule has 0 aromatic heterocycles. The van der Waals surface area contributed by atoms with Crippen LogP contribution in [0.1, 0.15) is 251 Å². The second-order valence-electron chi connectivity index (χ2n) is 20.6. The highest BCUT2D eigenvalue weighted by Crippen LogP contribution is 2.38. The molecular formula is C61H110NO8P. The number of hydrogen-bond acceptors (Lipinski definition) is 8. The number of unbranched alkanes of at least 4 members (excludes halogenated alkanes) is 27. The van der Waals surface area contributed by atoms with Gasteiger partial charge >= 0.3 is 11.9 Å². The van der Waals surface area contributed by atoms with E-state index in [0.29, 0.717) is 17.4 Å². The van der Waals surface area contributed by atoms with Gasteiger partial charge in [-0.25, -0.2) is 0 Å². The first-order valence-corrected chi connectivity index (χ1v) is 30.6. The lowest BCUT2D eigenvalue weighted by Gasteiger charge is -2.28. The minimum Gasteiger partial charge on any atom is -0.756 e. The Bertz CT molecular complexity index is 1430. The summed E-state index contributed by atoms with van der Waals surface area (Å²) >= 11 is 0. The van der Waals surface area contributed by atoms with E-state index in [0.717, 1.165) is 77.0 Å². The number of rotatable bonds is 53. The number of carbonyl (C=O) groups is 2. The van der Waals surface area contributed by atoms with Gasteiger partial charge in [0, 0.05) is 12.8 Å². The Morgan fingerprint density at radius 1 is 0.451 bits per heavy atom. The summed E-state index contributed by atoms with van der Waals surface area (Å²) in [5, 5.41) is 0. The SMILES string of the molecule is CC/C=C\C/C=C\C/C=C\C/C=C\C/C=C\C/C=C\CCCCCCCCCCCCCCCCCCCCCCC(=O)OC(COC(=O)CCCCCCCCCC)COP(=O)([O-])OCC[N+](C)(C)C. The van der Waals surface area contributed by atoms with Gasteiger partial charge in [0.25, 0.3) is 7.82 Å². The van der Waals surface area contributed by atoms with Crippen LogP contribution in [0.5, 0.6) is 0 Å². The highest BCUT2D eigenvalue weighted by atomic mass is 31.2. The quantitative estimate of drug-likeness (QED) is 0.0195. The van der Waals surface area contributed by atoms with Crippen molar-refractivity contribution in [2.24, 2.45) is 0 Å². The predicted molar refractivity (Wildman–Crippen MR) is 300 cm³/mol. The molecule has 0 N–H and O–H groups in total. The van der Waals surface area contributed by atoms with Crippen LogP contribution in [0.2, 0.25) is 0 Å². The highest BCUT2D eigenvalue weighted by Gasteiger charge is 2.22. The third-order valence-electron chi connectivity index (χ3n) is 12.5. The lowest BCUT2D eigenvalue weighted by Crippen LogP contribution is -2.37. The van der Waals surface area contributed by atoms with Gasteiger partial charge in [-0.1, -0.05) is 247 Å². The summed E-state index contributed by atoms with van der Waals surface area (Å²) in [5.74, 6) is -0.831. The molecule has 0 spiro atoms. The summed E-state index contributed by atoms with van der Waals surface area (Å²) in [4.78, 5) is 37.6. The molecule has 0 amide bonds. The largest absolute Gasteiger partial charge is 0.756 e. The molecule has 412 valence electrons. The molecule has 0 saturated carbocycles. The molecule has 0 aromatic rings. The third-order valence-corrected chi connectivity index (χ3v) is 13.5. The molecule has 0 aliphatic carbocycles. The van der Waals surface area contributed by atoms with Gasteiger partial charge in [-0.15, -0.1) is 0 Å². The van der Waals surface area contributed by atoms with Crippen molar-refractivity contribution in [3.8, 4) is 0 Å². The van der Waals surface area contributed by atoms with Crippen molar-refractivity contribution in [1.82, 2.24) is 0 Å². The van der Waals surface area contributed by atoms with E-state index in [4.69, 9.17) is 18.5 Å². The smallest absolute Gasteiger partial charge is 0.306 e. The van der Waals surface area contributed by atoms with Crippen LogP contribution in [-0.2, 0) is 32.7 Å². The maximum atomic E-state index is 12.7. The number of esters is 2. The lowest BCUT2D eigenvalue weighted by atomic mass is 10.0. The number of carbonyl (C=O) groups excluding carboxylic acids is 2. The molecule has 10 heteroatoms. The first kappa shape index (κ1) is 68.5. The summed E-state index contributed by atoms with van der Waals surface area (Å²) < 4.78 is 34.0. The average molecular weight is 1020 g/mol. The molecule has 2 atom stereocenters. The Kier molecular flexibility index (Phi) is 50.4. The molecule has 0 radical (unpaired) electrons. The first-order chi connectivity index (χ1) is 34.5. The summed E-state index contributed by atoms with van der Waals surface area (Å²) in [6, 6.07) is 0. The number of quaternary nitrogens is 1. The summed E-state index contributed by atoms with van der Waals surface area (Å²) in [6.07, 6.45) is 68.5. The zero-order valence-corrected chi connectivity index (χ0v) is 47.6. The predicted octanol–water partition coefficient (Wildman–Crippen LogP) is 17.5. The normalized spacial score (nSPS) is 13.8. The Labute approximate surface area is 438 Å². The molecule has 0 aromatic carbocycles. The minimum absolute atomic E-state index is 0.0298. The van der Waals surface area contributed by atoms with Crippen LogP contribution in [0.3, 0.4) is 0 Å². The molecule has 0 fully saturated rings. The van der Waals surface area contributed by atoms with Gasteiger partial charge in [0.1, 0.15) is 19.8 Å². The van der Waals surface area contributed by atoms with E-state index in [9.17, 15) is 19.0 Å². The van der Waals surface area contributed by atoms with Crippen LogP contribution in [0.15, 0.2) is 72.9 Å². The fourth-order valence-electron chi connectivity index (χ4n) is 8.01.